The van der Waals surface area contributed by atoms with Crippen LogP contribution in [0.15, 0.2) is 12.3 Å². The topological polar surface area (TPSA) is 47.3 Å². The van der Waals surface area contributed by atoms with E-state index in [0.29, 0.717) is 19.4 Å². The lowest BCUT2D eigenvalue weighted by Crippen LogP contribution is -2.42. The van der Waals surface area contributed by atoms with Crippen molar-refractivity contribution in [3.05, 3.63) is 18.0 Å². The van der Waals surface area contributed by atoms with Gasteiger partial charge in [0, 0.05) is 32.7 Å². The van der Waals surface area contributed by atoms with E-state index in [1.165, 1.54) is 0 Å². The molecule has 16 heavy (non-hydrogen) atoms. The highest BCUT2D eigenvalue weighted by Gasteiger charge is 2.34. The molecule has 1 aliphatic rings. The summed E-state index contributed by atoms with van der Waals surface area (Å²) < 4.78 is 7.35. The first-order chi connectivity index (χ1) is 7.61. The molecular weight excluding hydrogens is 204 g/mol. The Labute approximate surface area is 96.2 Å². The van der Waals surface area contributed by atoms with Gasteiger partial charge in [-0.2, -0.15) is 5.10 Å². The largest absolute Gasteiger partial charge is 0.389 e. The summed E-state index contributed by atoms with van der Waals surface area (Å²) in [4.78, 5) is 0. The van der Waals surface area contributed by atoms with E-state index in [-0.39, 0.29) is 6.10 Å². The summed E-state index contributed by atoms with van der Waals surface area (Å²) in [7, 11) is 1.90. The summed E-state index contributed by atoms with van der Waals surface area (Å²) in [5.41, 5.74) is 0.328. The monoisotopic (exact) mass is 224 g/mol. The van der Waals surface area contributed by atoms with Crippen LogP contribution >= 0.6 is 0 Å². The first-order valence-corrected chi connectivity index (χ1v) is 5.94. The highest BCUT2D eigenvalue weighted by Crippen LogP contribution is 2.29. The fourth-order valence-corrected chi connectivity index (χ4v) is 2.32. The zero-order valence-electron chi connectivity index (χ0n) is 10.0. The van der Waals surface area contributed by atoms with Crippen molar-refractivity contribution in [1.29, 1.82) is 0 Å². The lowest BCUT2D eigenvalue weighted by atomic mass is 9.85. The lowest BCUT2D eigenvalue weighted by Gasteiger charge is -2.36. The first-order valence-electron chi connectivity index (χ1n) is 5.94. The molecule has 1 aliphatic heterocycles. The van der Waals surface area contributed by atoms with Crippen LogP contribution in [-0.2, 0) is 18.2 Å². The van der Waals surface area contributed by atoms with Crippen molar-refractivity contribution in [3.8, 4) is 0 Å². The molecule has 4 nitrogen and oxygen atoms in total. The number of aliphatic hydroxyl groups is 1. The predicted octanol–water partition coefficient (Wildman–Crippen LogP) is 1.28. The number of rotatable bonds is 3. The van der Waals surface area contributed by atoms with Gasteiger partial charge in [0.25, 0.3) is 0 Å². The number of aromatic nitrogens is 2. The van der Waals surface area contributed by atoms with E-state index < -0.39 is 5.60 Å². The van der Waals surface area contributed by atoms with Gasteiger partial charge in [-0.25, -0.2) is 0 Å². The Hall–Kier alpha value is -0.870. The molecule has 2 atom stereocenters. The van der Waals surface area contributed by atoms with Crippen molar-refractivity contribution < 1.29 is 9.84 Å². The first kappa shape index (κ1) is 11.6. The summed E-state index contributed by atoms with van der Waals surface area (Å²) in [5.74, 6) is 0. The van der Waals surface area contributed by atoms with Crippen LogP contribution in [-0.4, -0.2) is 33.2 Å². The van der Waals surface area contributed by atoms with Crippen LogP contribution in [0.4, 0.5) is 0 Å². The lowest BCUT2D eigenvalue weighted by molar-refractivity contribution is -0.103. The van der Waals surface area contributed by atoms with Crippen LogP contribution in [0.2, 0.25) is 0 Å². The van der Waals surface area contributed by atoms with E-state index in [1.54, 1.807) is 4.68 Å². The van der Waals surface area contributed by atoms with Gasteiger partial charge in [-0.05, 0) is 18.9 Å². The molecule has 1 aromatic rings. The van der Waals surface area contributed by atoms with Crippen LogP contribution in [0.25, 0.3) is 0 Å². The Kier molecular flexibility index (Phi) is 3.30. The molecule has 2 unspecified atom stereocenters. The third kappa shape index (κ3) is 2.62. The molecule has 0 amide bonds. The number of nitrogens with zero attached hydrogens (tertiary/aromatic N) is 2. The molecule has 0 saturated carbocycles. The van der Waals surface area contributed by atoms with Gasteiger partial charge in [0.05, 0.1) is 17.4 Å². The van der Waals surface area contributed by atoms with Gasteiger partial charge in [-0.15, -0.1) is 0 Å². The highest BCUT2D eigenvalue weighted by atomic mass is 16.5. The second-order valence-corrected chi connectivity index (χ2v) is 4.74. The second-order valence-electron chi connectivity index (χ2n) is 4.74. The van der Waals surface area contributed by atoms with Crippen LogP contribution < -0.4 is 0 Å². The van der Waals surface area contributed by atoms with Crippen molar-refractivity contribution in [3.63, 3.8) is 0 Å². The smallest absolute Gasteiger partial charge is 0.0750 e. The quantitative estimate of drug-likeness (QED) is 0.841. The van der Waals surface area contributed by atoms with Crippen LogP contribution in [0.5, 0.6) is 0 Å². The standard InChI is InChI=1S/C12H20N2O2/c1-3-11-9-12(15,5-7-16-11)8-10-4-6-14(2)13-10/h4,6,11,15H,3,5,7-9H2,1-2H3. The SMILES string of the molecule is CCC1CC(O)(Cc2ccn(C)n2)CCO1. The van der Waals surface area contributed by atoms with Gasteiger partial charge in [0.15, 0.2) is 0 Å². The molecule has 0 radical (unpaired) electrons. The van der Waals surface area contributed by atoms with Crippen molar-refractivity contribution in [2.24, 2.45) is 7.05 Å². The number of hydrogen-bond acceptors (Lipinski definition) is 3. The Morgan fingerprint density at radius 1 is 1.69 bits per heavy atom. The summed E-state index contributed by atoms with van der Waals surface area (Å²) in [6, 6.07) is 1.97. The van der Waals surface area contributed by atoms with Crippen molar-refractivity contribution >= 4 is 0 Å². The summed E-state index contributed by atoms with van der Waals surface area (Å²) in [5, 5.41) is 14.8. The molecule has 0 bridgehead atoms. The molecule has 0 spiro atoms. The predicted molar refractivity (Wildman–Crippen MR) is 61.1 cm³/mol. The molecular formula is C12H20N2O2. The van der Waals surface area contributed by atoms with Crippen molar-refractivity contribution in [2.75, 3.05) is 6.61 Å². The Morgan fingerprint density at radius 3 is 3.12 bits per heavy atom. The minimum atomic E-state index is -0.632. The maximum atomic E-state index is 10.5. The fourth-order valence-electron chi connectivity index (χ4n) is 2.32. The molecule has 2 heterocycles. The molecule has 0 aliphatic carbocycles. The van der Waals surface area contributed by atoms with E-state index in [0.717, 1.165) is 18.5 Å². The molecule has 2 rings (SSSR count). The van der Waals surface area contributed by atoms with E-state index >= 15 is 0 Å². The summed E-state index contributed by atoms with van der Waals surface area (Å²) in [6.45, 7) is 2.75. The average Bonchev–Trinajstić information content (AvgIpc) is 2.63. The Bertz CT molecular complexity index is 351. The van der Waals surface area contributed by atoms with Gasteiger partial charge >= 0.3 is 0 Å². The molecule has 0 aromatic carbocycles. The van der Waals surface area contributed by atoms with E-state index in [4.69, 9.17) is 4.74 Å². The van der Waals surface area contributed by atoms with Crippen molar-refractivity contribution in [2.45, 2.75) is 44.3 Å². The average molecular weight is 224 g/mol. The van der Waals surface area contributed by atoms with Crippen LogP contribution in [0.1, 0.15) is 31.9 Å². The molecule has 4 heteroatoms. The normalized spacial score (nSPS) is 30.6. The summed E-state index contributed by atoms with van der Waals surface area (Å²) in [6.07, 6.45) is 5.13. The fraction of sp³-hybridized carbons (Fsp3) is 0.750. The minimum Gasteiger partial charge on any atom is -0.389 e. The van der Waals surface area contributed by atoms with Gasteiger partial charge in [-0.1, -0.05) is 6.92 Å². The third-order valence-corrected chi connectivity index (χ3v) is 3.26. The van der Waals surface area contributed by atoms with Gasteiger partial charge in [0.2, 0.25) is 0 Å². The number of ether oxygens (including phenoxy) is 1. The van der Waals surface area contributed by atoms with E-state index in [1.807, 2.05) is 19.3 Å². The maximum absolute atomic E-state index is 10.5. The molecule has 90 valence electrons. The zero-order chi connectivity index (χ0) is 11.6. The molecule has 1 saturated heterocycles. The van der Waals surface area contributed by atoms with Gasteiger partial charge < -0.3 is 9.84 Å². The Balaban J connectivity index is 2.01. The molecule has 1 aromatic heterocycles. The maximum Gasteiger partial charge on any atom is 0.0750 e. The van der Waals surface area contributed by atoms with Gasteiger partial charge in [-0.3, -0.25) is 4.68 Å². The number of aryl methyl sites for hydroxylation is 1. The van der Waals surface area contributed by atoms with E-state index in [2.05, 4.69) is 12.0 Å². The third-order valence-electron chi connectivity index (χ3n) is 3.26. The second kappa shape index (κ2) is 4.55. The summed E-state index contributed by atoms with van der Waals surface area (Å²) >= 11 is 0. The van der Waals surface area contributed by atoms with Crippen molar-refractivity contribution in [1.82, 2.24) is 9.78 Å². The Morgan fingerprint density at radius 2 is 2.50 bits per heavy atom. The molecule has 1 fully saturated rings. The van der Waals surface area contributed by atoms with Crippen LogP contribution in [0.3, 0.4) is 0 Å². The van der Waals surface area contributed by atoms with E-state index in [9.17, 15) is 5.11 Å². The van der Waals surface area contributed by atoms with Gasteiger partial charge in [0.1, 0.15) is 0 Å². The molecule has 1 N–H and O–H groups in total. The highest BCUT2D eigenvalue weighted by molar-refractivity contribution is 5.05. The zero-order valence-corrected chi connectivity index (χ0v) is 10.0. The van der Waals surface area contributed by atoms with Crippen LogP contribution in [0, 0.1) is 0 Å². The minimum absolute atomic E-state index is 0.197. The number of hydrogen-bond donors (Lipinski definition) is 1.